The quantitative estimate of drug-likeness (QED) is 0.417. The summed E-state index contributed by atoms with van der Waals surface area (Å²) in [5, 5.41) is 15.1. The first kappa shape index (κ1) is 20.6. The number of H-pyrrole nitrogens is 1. The third-order valence-corrected chi connectivity index (χ3v) is 6.78. The normalized spacial score (nSPS) is 21.6. The molecule has 3 N–H and O–H groups in total. The lowest BCUT2D eigenvalue weighted by atomic mass is 9.96. The number of hydrogen-bond donors (Lipinski definition) is 3. The van der Waals surface area contributed by atoms with Crippen LogP contribution in [0, 0.1) is 6.92 Å². The van der Waals surface area contributed by atoms with Gasteiger partial charge in [-0.1, -0.05) is 12.1 Å². The smallest absolute Gasteiger partial charge is 0.254 e. The average Bonchev–Trinajstić information content (AvgIpc) is 3.38. The number of aromatic amines is 1. The maximum absolute atomic E-state index is 13.1. The Bertz CT molecular complexity index is 1320. The Morgan fingerprint density at radius 2 is 1.82 bits per heavy atom. The van der Waals surface area contributed by atoms with Gasteiger partial charge < -0.3 is 15.5 Å². The van der Waals surface area contributed by atoms with Crippen LogP contribution in [-0.4, -0.2) is 54.1 Å². The average molecular weight is 455 g/mol. The van der Waals surface area contributed by atoms with Gasteiger partial charge in [0.2, 0.25) is 5.95 Å². The summed E-state index contributed by atoms with van der Waals surface area (Å²) < 4.78 is 0. The van der Waals surface area contributed by atoms with Crippen molar-refractivity contribution < 1.29 is 4.79 Å². The molecule has 0 aliphatic carbocycles. The number of pyridine rings is 1. The number of benzene rings is 1. The molecule has 6 rings (SSSR count). The highest BCUT2D eigenvalue weighted by atomic mass is 16.2. The van der Waals surface area contributed by atoms with E-state index in [-0.39, 0.29) is 24.0 Å². The topological polar surface area (TPSA) is 112 Å². The first-order valence-corrected chi connectivity index (χ1v) is 11.7. The molecule has 9 nitrogen and oxygen atoms in total. The maximum Gasteiger partial charge on any atom is 0.254 e. The molecule has 34 heavy (non-hydrogen) atoms. The highest BCUT2D eigenvalue weighted by molar-refractivity contribution is 5.95. The van der Waals surface area contributed by atoms with Gasteiger partial charge in [-0.15, -0.1) is 0 Å². The monoisotopic (exact) mass is 454 g/mol. The minimum absolute atomic E-state index is 0.107. The minimum Gasteiger partial charge on any atom is -0.351 e. The molecule has 0 saturated carbocycles. The van der Waals surface area contributed by atoms with E-state index in [1.807, 2.05) is 37.3 Å². The van der Waals surface area contributed by atoms with Crippen LogP contribution >= 0.6 is 0 Å². The maximum atomic E-state index is 13.1. The van der Waals surface area contributed by atoms with Gasteiger partial charge in [0, 0.05) is 53.2 Å². The number of aromatic nitrogens is 5. The number of carbonyl (C=O) groups excluding carboxylic acids is 1. The molecule has 3 aromatic heterocycles. The molecule has 5 heterocycles. The van der Waals surface area contributed by atoms with Crippen LogP contribution in [0.2, 0.25) is 0 Å². The lowest BCUT2D eigenvalue weighted by molar-refractivity contribution is 0.0582. The molecule has 2 saturated heterocycles. The fourth-order valence-electron chi connectivity index (χ4n) is 5.29. The second kappa shape index (κ2) is 8.40. The van der Waals surface area contributed by atoms with Crippen molar-refractivity contribution in [3.63, 3.8) is 0 Å². The van der Waals surface area contributed by atoms with E-state index < -0.39 is 0 Å². The molecule has 1 aromatic carbocycles. The van der Waals surface area contributed by atoms with Crippen molar-refractivity contribution in [3.8, 4) is 0 Å². The van der Waals surface area contributed by atoms with Crippen LogP contribution in [0.5, 0.6) is 0 Å². The molecule has 2 fully saturated rings. The molecule has 2 aliphatic rings. The Labute approximate surface area is 197 Å². The third kappa shape index (κ3) is 3.83. The van der Waals surface area contributed by atoms with Crippen molar-refractivity contribution in [2.75, 3.05) is 10.6 Å². The minimum atomic E-state index is 0.107. The molecule has 4 aromatic rings. The summed E-state index contributed by atoms with van der Waals surface area (Å²) in [4.78, 5) is 28.8. The number of anilines is 3. The number of carbonyl (C=O) groups is 1. The summed E-state index contributed by atoms with van der Waals surface area (Å²) in [7, 11) is 0. The summed E-state index contributed by atoms with van der Waals surface area (Å²) in [6.45, 7) is 1.96. The third-order valence-electron chi connectivity index (χ3n) is 6.78. The van der Waals surface area contributed by atoms with E-state index in [4.69, 9.17) is 9.97 Å². The van der Waals surface area contributed by atoms with Crippen molar-refractivity contribution in [2.45, 2.75) is 50.7 Å². The lowest BCUT2D eigenvalue weighted by Crippen LogP contribution is -2.49. The summed E-state index contributed by atoms with van der Waals surface area (Å²) in [6, 6.07) is 14.1. The number of nitrogens with zero attached hydrogens (tertiary/aromatic N) is 5. The Balaban J connectivity index is 1.23. The van der Waals surface area contributed by atoms with Crippen molar-refractivity contribution in [3.05, 3.63) is 66.1 Å². The first-order chi connectivity index (χ1) is 16.6. The second-order valence-corrected chi connectivity index (χ2v) is 9.12. The van der Waals surface area contributed by atoms with E-state index in [2.05, 4.69) is 30.7 Å². The Morgan fingerprint density at radius 3 is 2.56 bits per heavy atom. The molecule has 1 amide bonds. The van der Waals surface area contributed by atoms with Gasteiger partial charge in [-0.3, -0.25) is 14.9 Å². The van der Waals surface area contributed by atoms with Crippen molar-refractivity contribution >= 4 is 34.4 Å². The van der Waals surface area contributed by atoms with E-state index in [1.54, 1.807) is 24.5 Å². The van der Waals surface area contributed by atoms with Gasteiger partial charge in [-0.05, 0) is 56.9 Å². The van der Waals surface area contributed by atoms with Crippen LogP contribution in [0.15, 0.2) is 54.9 Å². The van der Waals surface area contributed by atoms with Crippen LogP contribution in [0.3, 0.4) is 0 Å². The summed E-state index contributed by atoms with van der Waals surface area (Å²) >= 11 is 0. The van der Waals surface area contributed by atoms with E-state index in [0.29, 0.717) is 23.1 Å². The van der Waals surface area contributed by atoms with E-state index in [9.17, 15) is 4.79 Å². The van der Waals surface area contributed by atoms with Gasteiger partial charge in [0.25, 0.3) is 5.91 Å². The highest BCUT2D eigenvalue weighted by Gasteiger charge is 2.43. The van der Waals surface area contributed by atoms with Gasteiger partial charge in [-0.2, -0.15) is 10.1 Å². The molecule has 0 radical (unpaired) electrons. The number of piperidine rings is 1. The highest BCUT2D eigenvalue weighted by Crippen LogP contribution is 2.38. The predicted molar refractivity (Wildman–Crippen MR) is 130 cm³/mol. The summed E-state index contributed by atoms with van der Waals surface area (Å²) in [6.07, 6.45) is 7.18. The molecule has 2 aliphatic heterocycles. The summed E-state index contributed by atoms with van der Waals surface area (Å²) in [5.41, 5.74) is 2.55. The van der Waals surface area contributed by atoms with Gasteiger partial charge in [-0.25, -0.2) is 4.98 Å². The van der Waals surface area contributed by atoms with Crippen molar-refractivity contribution in [1.29, 1.82) is 0 Å². The number of nitrogens with one attached hydrogen (secondary N) is 3. The fraction of sp³-hybridized carbons (Fsp3) is 0.320. The van der Waals surface area contributed by atoms with Gasteiger partial charge in [0.05, 0.1) is 5.52 Å². The van der Waals surface area contributed by atoms with Crippen molar-refractivity contribution in [2.24, 2.45) is 0 Å². The number of fused-ring (bicyclic) bond motifs is 3. The molecule has 9 heteroatoms. The SMILES string of the molecule is Cc1cc(Nc2nc(NC3C[C@H]4CC[C@@H](C3)N4C(=O)c3ccncc3)nc3ccccc23)n[nH]1. The molecule has 172 valence electrons. The molecule has 2 bridgehead atoms. The standard InChI is InChI=1S/C25H26N8O/c1-15-12-22(32-31-15)29-23-20-4-2-3-5-21(20)28-25(30-23)27-17-13-18-6-7-19(14-17)33(18)24(34)16-8-10-26-11-9-16/h2-5,8-12,17-19H,6-7,13-14H2,1H3,(H3,27,28,29,30,31,32)/t17?,18-,19+. The predicted octanol–water partition coefficient (Wildman–Crippen LogP) is 4.05. The van der Waals surface area contributed by atoms with E-state index in [0.717, 1.165) is 42.3 Å². The van der Waals surface area contributed by atoms with Crippen LogP contribution in [-0.2, 0) is 0 Å². The first-order valence-electron chi connectivity index (χ1n) is 11.7. The molecule has 0 spiro atoms. The fourth-order valence-corrected chi connectivity index (χ4v) is 5.29. The molecular formula is C25H26N8O. The van der Waals surface area contributed by atoms with Crippen LogP contribution in [0.4, 0.5) is 17.6 Å². The number of aryl methyl sites for hydroxylation is 1. The molecular weight excluding hydrogens is 428 g/mol. The number of hydrogen-bond acceptors (Lipinski definition) is 7. The Hall–Kier alpha value is -4.01. The second-order valence-electron chi connectivity index (χ2n) is 9.12. The Kier molecular flexibility index (Phi) is 5.09. The van der Waals surface area contributed by atoms with Crippen LogP contribution in [0.25, 0.3) is 10.9 Å². The Morgan fingerprint density at radius 1 is 1.06 bits per heavy atom. The van der Waals surface area contributed by atoms with E-state index >= 15 is 0 Å². The van der Waals surface area contributed by atoms with Crippen molar-refractivity contribution in [1.82, 2.24) is 30.0 Å². The van der Waals surface area contributed by atoms with Crippen LogP contribution in [0.1, 0.15) is 41.7 Å². The zero-order valence-electron chi connectivity index (χ0n) is 18.9. The summed E-state index contributed by atoms with van der Waals surface area (Å²) in [5.74, 6) is 2.13. The van der Waals surface area contributed by atoms with E-state index in [1.165, 1.54) is 0 Å². The van der Waals surface area contributed by atoms with Gasteiger partial charge in [0.15, 0.2) is 5.82 Å². The number of para-hydroxylation sites is 1. The number of amides is 1. The zero-order chi connectivity index (χ0) is 23.1. The lowest BCUT2D eigenvalue weighted by Gasteiger charge is -2.39. The molecule has 3 atom stereocenters. The van der Waals surface area contributed by atoms with Gasteiger partial charge in [0.1, 0.15) is 5.82 Å². The zero-order valence-corrected chi connectivity index (χ0v) is 18.9. The van der Waals surface area contributed by atoms with Crippen LogP contribution < -0.4 is 10.6 Å². The van der Waals surface area contributed by atoms with Gasteiger partial charge >= 0.3 is 0 Å². The molecule has 1 unspecified atom stereocenters. The largest absolute Gasteiger partial charge is 0.351 e. The number of rotatable bonds is 5.